The van der Waals surface area contributed by atoms with Crippen LogP contribution in [-0.4, -0.2) is 45.3 Å². The molecule has 160 valence electrons. The summed E-state index contributed by atoms with van der Waals surface area (Å²) >= 11 is 0. The van der Waals surface area contributed by atoms with Gasteiger partial charge in [0.2, 0.25) is 0 Å². The number of carbonyl (C=O) groups is 1. The third-order valence-corrected chi connectivity index (χ3v) is 4.49. The number of morpholine rings is 1. The predicted molar refractivity (Wildman–Crippen MR) is 107 cm³/mol. The van der Waals surface area contributed by atoms with Gasteiger partial charge in [-0.25, -0.2) is 4.39 Å². The molecule has 2 aromatic carbocycles. The molecule has 0 aromatic heterocycles. The standard InChI is InChI=1S/C22H22F3NO4/c1-2-29-21-13-15(4-8-20(21)30-22(24)25)3-7-19(27)16-5-6-18(17(23)14-16)26-9-11-28-12-10-26/h3-8,13-14,22H,2,9-12H2,1H3/b7-3+. The topological polar surface area (TPSA) is 48.0 Å². The van der Waals surface area contributed by atoms with Crippen molar-refractivity contribution in [3.8, 4) is 11.5 Å². The van der Waals surface area contributed by atoms with Gasteiger partial charge in [-0.1, -0.05) is 12.1 Å². The molecule has 1 heterocycles. The molecule has 1 aliphatic rings. The third kappa shape index (κ3) is 5.54. The first kappa shape index (κ1) is 21.7. The van der Waals surface area contributed by atoms with E-state index in [0.717, 1.165) is 0 Å². The maximum atomic E-state index is 14.5. The van der Waals surface area contributed by atoms with Crippen LogP contribution >= 0.6 is 0 Å². The largest absolute Gasteiger partial charge is 0.490 e. The summed E-state index contributed by atoms with van der Waals surface area (Å²) in [5.41, 5.74) is 1.21. The first-order chi connectivity index (χ1) is 14.5. The van der Waals surface area contributed by atoms with Crippen molar-refractivity contribution in [2.24, 2.45) is 0 Å². The molecule has 5 nitrogen and oxygen atoms in total. The van der Waals surface area contributed by atoms with Crippen molar-refractivity contribution in [3.63, 3.8) is 0 Å². The number of halogens is 3. The number of allylic oxidation sites excluding steroid dienone is 1. The number of ether oxygens (including phenoxy) is 3. The van der Waals surface area contributed by atoms with Crippen LogP contribution in [0.1, 0.15) is 22.8 Å². The third-order valence-electron chi connectivity index (χ3n) is 4.49. The van der Waals surface area contributed by atoms with Crippen LogP contribution in [0.15, 0.2) is 42.5 Å². The molecule has 0 spiro atoms. The highest BCUT2D eigenvalue weighted by Crippen LogP contribution is 2.30. The molecule has 1 aliphatic heterocycles. The van der Waals surface area contributed by atoms with Crippen LogP contribution in [0, 0.1) is 5.82 Å². The minimum Gasteiger partial charge on any atom is -0.490 e. The van der Waals surface area contributed by atoms with Crippen molar-refractivity contribution in [1.82, 2.24) is 0 Å². The van der Waals surface area contributed by atoms with Gasteiger partial charge in [-0.2, -0.15) is 8.78 Å². The lowest BCUT2D eigenvalue weighted by Crippen LogP contribution is -2.36. The Labute approximate surface area is 172 Å². The number of ketones is 1. The highest BCUT2D eigenvalue weighted by Gasteiger charge is 2.16. The summed E-state index contributed by atoms with van der Waals surface area (Å²) in [6.07, 6.45) is 2.80. The summed E-state index contributed by atoms with van der Waals surface area (Å²) in [7, 11) is 0. The van der Waals surface area contributed by atoms with Crippen LogP contribution in [0.3, 0.4) is 0 Å². The normalized spacial score (nSPS) is 14.4. The average Bonchev–Trinajstić information content (AvgIpc) is 2.74. The van der Waals surface area contributed by atoms with Gasteiger partial charge in [0, 0.05) is 18.7 Å². The SMILES string of the molecule is CCOc1cc(/C=C/C(=O)c2ccc(N3CCOCC3)c(F)c2)ccc1OC(F)F. The fraction of sp³-hybridized carbons (Fsp3) is 0.318. The Morgan fingerprint density at radius 2 is 1.93 bits per heavy atom. The number of benzene rings is 2. The average molecular weight is 421 g/mol. The Balaban J connectivity index is 1.73. The van der Waals surface area contributed by atoms with E-state index < -0.39 is 12.4 Å². The zero-order valence-electron chi connectivity index (χ0n) is 16.4. The summed E-state index contributed by atoms with van der Waals surface area (Å²) in [6.45, 7) is 1.27. The van der Waals surface area contributed by atoms with Crippen molar-refractivity contribution in [1.29, 1.82) is 0 Å². The second-order valence-electron chi connectivity index (χ2n) is 6.48. The molecule has 30 heavy (non-hydrogen) atoms. The molecule has 0 atom stereocenters. The number of alkyl halides is 2. The van der Waals surface area contributed by atoms with Crippen molar-refractivity contribution < 1.29 is 32.2 Å². The monoisotopic (exact) mass is 421 g/mol. The molecule has 0 aliphatic carbocycles. The number of anilines is 1. The van der Waals surface area contributed by atoms with Crippen molar-refractivity contribution >= 4 is 17.5 Å². The first-order valence-electron chi connectivity index (χ1n) is 9.54. The molecule has 0 amide bonds. The maximum absolute atomic E-state index is 14.5. The molecular formula is C22H22F3NO4. The van der Waals surface area contributed by atoms with Gasteiger partial charge in [-0.3, -0.25) is 4.79 Å². The van der Waals surface area contributed by atoms with E-state index in [4.69, 9.17) is 9.47 Å². The Morgan fingerprint density at radius 3 is 2.60 bits per heavy atom. The predicted octanol–water partition coefficient (Wildman–Crippen LogP) is 4.56. The van der Waals surface area contributed by atoms with Crippen molar-refractivity contribution in [2.75, 3.05) is 37.8 Å². The Bertz CT molecular complexity index is 911. The van der Waals surface area contributed by atoms with Gasteiger partial charge in [-0.05, 0) is 48.9 Å². The number of carbonyl (C=O) groups excluding carboxylic acids is 1. The smallest absolute Gasteiger partial charge is 0.387 e. The lowest BCUT2D eigenvalue weighted by molar-refractivity contribution is -0.0514. The van der Waals surface area contributed by atoms with Gasteiger partial charge in [0.05, 0.1) is 25.5 Å². The fourth-order valence-corrected chi connectivity index (χ4v) is 3.08. The lowest BCUT2D eigenvalue weighted by Gasteiger charge is -2.29. The van der Waals surface area contributed by atoms with E-state index in [1.807, 2.05) is 4.90 Å². The molecule has 0 unspecified atom stereocenters. The van der Waals surface area contributed by atoms with Crippen LogP contribution in [0.25, 0.3) is 6.08 Å². The van der Waals surface area contributed by atoms with Gasteiger partial charge in [0.25, 0.3) is 0 Å². The highest BCUT2D eigenvalue weighted by molar-refractivity contribution is 6.07. The summed E-state index contributed by atoms with van der Waals surface area (Å²) in [4.78, 5) is 14.3. The van der Waals surface area contributed by atoms with Gasteiger partial charge < -0.3 is 19.1 Å². The second kappa shape index (κ2) is 10.2. The van der Waals surface area contributed by atoms with Gasteiger partial charge >= 0.3 is 6.61 Å². The van der Waals surface area contributed by atoms with E-state index in [0.29, 0.717) is 37.6 Å². The lowest BCUT2D eigenvalue weighted by atomic mass is 10.1. The minimum atomic E-state index is -2.97. The number of nitrogens with zero attached hydrogens (tertiary/aromatic N) is 1. The van der Waals surface area contributed by atoms with E-state index >= 15 is 0 Å². The Hall–Kier alpha value is -3.00. The zero-order chi connectivity index (χ0) is 21.5. The van der Waals surface area contributed by atoms with E-state index in [-0.39, 0.29) is 29.5 Å². The van der Waals surface area contributed by atoms with Crippen LogP contribution < -0.4 is 14.4 Å². The fourth-order valence-electron chi connectivity index (χ4n) is 3.08. The molecular weight excluding hydrogens is 399 g/mol. The molecule has 1 fully saturated rings. The summed E-state index contributed by atoms with van der Waals surface area (Å²) in [6, 6.07) is 8.73. The number of hydrogen-bond acceptors (Lipinski definition) is 5. The molecule has 2 aromatic rings. The van der Waals surface area contributed by atoms with Crippen LogP contribution in [0.4, 0.5) is 18.9 Å². The highest BCUT2D eigenvalue weighted by atomic mass is 19.3. The van der Waals surface area contributed by atoms with Gasteiger partial charge in [0.1, 0.15) is 5.82 Å². The van der Waals surface area contributed by atoms with Crippen molar-refractivity contribution in [2.45, 2.75) is 13.5 Å². The quantitative estimate of drug-likeness (QED) is 0.462. The minimum absolute atomic E-state index is 0.0869. The molecule has 0 bridgehead atoms. The van der Waals surface area contributed by atoms with Gasteiger partial charge in [-0.15, -0.1) is 0 Å². The van der Waals surface area contributed by atoms with E-state index in [1.54, 1.807) is 19.1 Å². The van der Waals surface area contributed by atoms with E-state index in [9.17, 15) is 18.0 Å². The molecule has 0 saturated carbocycles. The summed E-state index contributed by atoms with van der Waals surface area (Å²) in [5.74, 6) is -0.791. The second-order valence-corrected chi connectivity index (χ2v) is 6.48. The van der Waals surface area contributed by atoms with Crippen molar-refractivity contribution in [3.05, 3.63) is 59.4 Å². The molecule has 8 heteroatoms. The van der Waals surface area contributed by atoms with Gasteiger partial charge in [0.15, 0.2) is 17.3 Å². The summed E-state index contributed by atoms with van der Waals surface area (Å²) < 4.78 is 54.5. The molecule has 3 rings (SSSR count). The van der Waals surface area contributed by atoms with E-state index in [2.05, 4.69) is 4.74 Å². The number of rotatable bonds is 8. The zero-order valence-corrected chi connectivity index (χ0v) is 16.4. The van der Waals surface area contributed by atoms with E-state index in [1.165, 1.54) is 36.4 Å². The first-order valence-corrected chi connectivity index (χ1v) is 9.54. The maximum Gasteiger partial charge on any atom is 0.387 e. The molecule has 0 radical (unpaired) electrons. The van der Waals surface area contributed by atoms with Crippen LogP contribution in [0.5, 0.6) is 11.5 Å². The van der Waals surface area contributed by atoms with Crippen LogP contribution in [-0.2, 0) is 4.74 Å². The number of hydrogen-bond donors (Lipinski definition) is 0. The molecule has 1 saturated heterocycles. The van der Waals surface area contributed by atoms with Crippen LogP contribution in [0.2, 0.25) is 0 Å². The summed E-state index contributed by atoms with van der Waals surface area (Å²) in [5, 5.41) is 0. The Morgan fingerprint density at radius 1 is 1.17 bits per heavy atom. The Kier molecular flexibility index (Phi) is 7.35. The molecule has 0 N–H and O–H groups in total.